The third-order valence-electron chi connectivity index (χ3n) is 3.34. The lowest BCUT2D eigenvalue weighted by atomic mass is 9.94. The minimum atomic E-state index is -1.06. The summed E-state index contributed by atoms with van der Waals surface area (Å²) in [6.07, 6.45) is 1.51. The number of β-amino-alcohol motifs (C(OH)–C–C–N with tert-alkyl or cyclic N) is 1. The van der Waals surface area contributed by atoms with E-state index >= 15 is 0 Å². The van der Waals surface area contributed by atoms with Crippen LogP contribution >= 0.6 is 0 Å². The van der Waals surface area contributed by atoms with Gasteiger partial charge < -0.3 is 19.7 Å². The van der Waals surface area contributed by atoms with E-state index in [9.17, 15) is 5.11 Å². The smallest absolute Gasteiger partial charge is 0.260 e. The Hall–Kier alpha value is -1.92. The van der Waals surface area contributed by atoms with Gasteiger partial charge in [0.2, 0.25) is 5.82 Å². The molecule has 0 amide bonds. The molecule has 1 aliphatic heterocycles. The topological polar surface area (TPSA) is 80.4 Å². The Labute approximate surface area is 116 Å². The molecule has 1 aromatic heterocycles. The maximum Gasteiger partial charge on any atom is 0.260 e. The maximum atomic E-state index is 10.4. The predicted octanol–water partition coefficient (Wildman–Crippen LogP) is 1.22. The second kappa shape index (κ2) is 5.60. The average molecular weight is 275 g/mol. The number of rotatable bonds is 4. The molecule has 1 saturated heterocycles. The molecule has 6 heteroatoms. The highest BCUT2D eigenvalue weighted by Crippen LogP contribution is 2.26. The van der Waals surface area contributed by atoms with Crippen LogP contribution in [0.25, 0.3) is 0 Å². The zero-order valence-corrected chi connectivity index (χ0v) is 11.1. The third kappa shape index (κ3) is 2.81. The Morgan fingerprint density at radius 1 is 1.35 bits per heavy atom. The number of nitrogens with zero attached hydrogens (tertiary/aromatic N) is 2. The molecule has 0 bridgehead atoms. The number of para-hydroxylation sites is 1. The molecular formula is C14H17N3O3. The van der Waals surface area contributed by atoms with Crippen LogP contribution in [0.5, 0.6) is 5.75 Å². The molecule has 6 nitrogen and oxygen atoms in total. The van der Waals surface area contributed by atoms with Gasteiger partial charge in [-0.25, -0.2) is 0 Å². The quantitative estimate of drug-likeness (QED) is 0.873. The summed E-state index contributed by atoms with van der Waals surface area (Å²) in [4.78, 5) is 4.23. The lowest BCUT2D eigenvalue weighted by molar-refractivity contribution is -0.0167. The van der Waals surface area contributed by atoms with Crippen molar-refractivity contribution in [1.82, 2.24) is 15.5 Å². The van der Waals surface area contributed by atoms with Gasteiger partial charge in [0.25, 0.3) is 5.89 Å². The summed E-state index contributed by atoms with van der Waals surface area (Å²) >= 11 is 0. The van der Waals surface area contributed by atoms with Gasteiger partial charge in [-0.3, -0.25) is 0 Å². The summed E-state index contributed by atoms with van der Waals surface area (Å²) in [5, 5.41) is 17.4. The van der Waals surface area contributed by atoms with E-state index in [-0.39, 0.29) is 12.5 Å². The summed E-state index contributed by atoms with van der Waals surface area (Å²) in [6, 6.07) is 9.44. The fourth-order valence-electron chi connectivity index (χ4n) is 2.24. The van der Waals surface area contributed by atoms with E-state index in [0.717, 1.165) is 18.7 Å². The molecule has 1 unspecified atom stereocenters. The van der Waals surface area contributed by atoms with Crippen molar-refractivity contribution in [2.24, 2.45) is 0 Å². The summed E-state index contributed by atoms with van der Waals surface area (Å²) in [7, 11) is 0. The van der Waals surface area contributed by atoms with E-state index in [2.05, 4.69) is 15.5 Å². The van der Waals surface area contributed by atoms with E-state index in [1.807, 2.05) is 30.3 Å². The fourth-order valence-corrected chi connectivity index (χ4v) is 2.24. The largest absolute Gasteiger partial charge is 0.485 e. The normalized spacial score (nSPS) is 22.6. The number of piperidine rings is 1. The highest BCUT2D eigenvalue weighted by Gasteiger charge is 2.37. The van der Waals surface area contributed by atoms with Gasteiger partial charge in [-0.2, -0.15) is 4.98 Å². The molecule has 1 aromatic carbocycles. The van der Waals surface area contributed by atoms with Gasteiger partial charge in [-0.15, -0.1) is 0 Å². The van der Waals surface area contributed by atoms with Crippen LogP contribution in [0.15, 0.2) is 34.9 Å². The number of nitrogens with one attached hydrogen (secondary N) is 1. The van der Waals surface area contributed by atoms with Crippen LogP contribution in [0.2, 0.25) is 0 Å². The molecule has 3 rings (SSSR count). The molecular weight excluding hydrogens is 258 g/mol. The Balaban J connectivity index is 1.65. The van der Waals surface area contributed by atoms with Crippen molar-refractivity contribution in [3.63, 3.8) is 0 Å². The molecule has 2 N–H and O–H groups in total. The lowest BCUT2D eigenvalue weighted by Gasteiger charge is -2.28. The van der Waals surface area contributed by atoms with Crippen LogP contribution in [0, 0.1) is 0 Å². The van der Waals surface area contributed by atoms with Crippen molar-refractivity contribution in [2.45, 2.75) is 25.0 Å². The van der Waals surface area contributed by atoms with Gasteiger partial charge >= 0.3 is 0 Å². The molecule has 1 fully saturated rings. The first-order chi connectivity index (χ1) is 9.76. The molecule has 0 aliphatic carbocycles. The first kappa shape index (κ1) is 13.1. The highest BCUT2D eigenvalue weighted by atomic mass is 16.5. The van der Waals surface area contributed by atoms with Crippen LogP contribution in [-0.2, 0) is 12.2 Å². The molecule has 0 spiro atoms. The van der Waals surface area contributed by atoms with E-state index in [0.29, 0.717) is 18.8 Å². The van der Waals surface area contributed by atoms with Crippen molar-refractivity contribution in [3.05, 3.63) is 42.0 Å². The number of hydrogen-bond donors (Lipinski definition) is 2. The Morgan fingerprint density at radius 2 is 2.20 bits per heavy atom. The van der Waals surface area contributed by atoms with E-state index in [1.165, 1.54) is 0 Å². The molecule has 1 atom stereocenters. The van der Waals surface area contributed by atoms with Crippen molar-refractivity contribution < 1.29 is 14.4 Å². The number of hydrogen-bond acceptors (Lipinski definition) is 6. The average Bonchev–Trinajstić information content (AvgIpc) is 2.97. The van der Waals surface area contributed by atoms with Crippen molar-refractivity contribution in [2.75, 3.05) is 13.1 Å². The van der Waals surface area contributed by atoms with Crippen molar-refractivity contribution in [1.29, 1.82) is 0 Å². The van der Waals surface area contributed by atoms with Crippen molar-refractivity contribution >= 4 is 0 Å². The van der Waals surface area contributed by atoms with Crippen LogP contribution in [0.4, 0.5) is 0 Å². The molecule has 1 aliphatic rings. The van der Waals surface area contributed by atoms with Gasteiger partial charge in [0.05, 0.1) is 0 Å². The molecule has 2 aromatic rings. The Morgan fingerprint density at radius 3 is 2.95 bits per heavy atom. The van der Waals surface area contributed by atoms with E-state index < -0.39 is 5.60 Å². The minimum Gasteiger partial charge on any atom is -0.485 e. The zero-order chi connectivity index (χ0) is 13.8. The third-order valence-corrected chi connectivity index (χ3v) is 3.34. The molecule has 20 heavy (non-hydrogen) atoms. The van der Waals surface area contributed by atoms with Gasteiger partial charge in [0.15, 0.2) is 12.2 Å². The molecule has 0 saturated carbocycles. The second-order valence-electron chi connectivity index (χ2n) is 4.93. The summed E-state index contributed by atoms with van der Waals surface area (Å²) in [6.45, 7) is 1.56. The number of aromatic nitrogens is 2. The summed E-state index contributed by atoms with van der Waals surface area (Å²) in [5.74, 6) is 1.44. The van der Waals surface area contributed by atoms with Gasteiger partial charge in [-0.05, 0) is 31.5 Å². The Bertz CT molecular complexity index is 550. The second-order valence-corrected chi connectivity index (χ2v) is 4.93. The minimum absolute atomic E-state index is 0.219. The fraction of sp³-hybridized carbons (Fsp3) is 0.429. The monoisotopic (exact) mass is 275 g/mol. The number of benzene rings is 1. The van der Waals surface area contributed by atoms with Crippen molar-refractivity contribution in [3.8, 4) is 5.75 Å². The van der Waals surface area contributed by atoms with Crippen LogP contribution in [-0.4, -0.2) is 28.3 Å². The zero-order valence-electron chi connectivity index (χ0n) is 11.1. The van der Waals surface area contributed by atoms with Crippen LogP contribution in [0.1, 0.15) is 24.6 Å². The van der Waals surface area contributed by atoms with Crippen LogP contribution in [0.3, 0.4) is 0 Å². The number of aliphatic hydroxyl groups is 1. The SMILES string of the molecule is OC1(c2nc(COc3ccccc3)no2)CCCNC1. The Kier molecular flexibility index (Phi) is 3.66. The van der Waals surface area contributed by atoms with Gasteiger partial charge in [0.1, 0.15) is 5.75 Å². The highest BCUT2D eigenvalue weighted by molar-refractivity contribution is 5.21. The van der Waals surface area contributed by atoms with E-state index in [1.54, 1.807) is 0 Å². The molecule has 2 heterocycles. The maximum absolute atomic E-state index is 10.4. The first-order valence-corrected chi connectivity index (χ1v) is 6.70. The standard InChI is InChI=1S/C14H17N3O3/c18-14(7-4-8-15-10-14)13-16-12(17-20-13)9-19-11-5-2-1-3-6-11/h1-3,5-6,15,18H,4,7-10H2. The molecule has 106 valence electrons. The van der Waals surface area contributed by atoms with Gasteiger partial charge in [0, 0.05) is 6.54 Å². The molecule has 0 radical (unpaired) electrons. The first-order valence-electron chi connectivity index (χ1n) is 6.70. The van der Waals surface area contributed by atoms with E-state index in [4.69, 9.17) is 9.26 Å². The summed E-state index contributed by atoms with van der Waals surface area (Å²) in [5.41, 5.74) is -1.06. The van der Waals surface area contributed by atoms with Crippen LogP contribution < -0.4 is 10.1 Å². The van der Waals surface area contributed by atoms with Gasteiger partial charge in [-0.1, -0.05) is 23.4 Å². The lowest BCUT2D eigenvalue weighted by Crippen LogP contribution is -2.43. The predicted molar refractivity (Wildman–Crippen MR) is 71.1 cm³/mol. The summed E-state index contributed by atoms with van der Waals surface area (Å²) < 4.78 is 10.7. The number of ether oxygens (including phenoxy) is 1.